The first-order valence-electron chi connectivity index (χ1n) is 11.1. The average Bonchev–Trinajstić information content (AvgIpc) is 3.05. The molecule has 1 spiro atoms. The van der Waals surface area contributed by atoms with Gasteiger partial charge < -0.3 is 10.1 Å². The van der Waals surface area contributed by atoms with E-state index in [0.717, 1.165) is 24.0 Å². The Hall–Kier alpha value is -3.68. The number of esters is 1. The highest BCUT2D eigenvalue weighted by atomic mass is 16.5. The van der Waals surface area contributed by atoms with Crippen molar-refractivity contribution in [3.05, 3.63) is 71.8 Å². The van der Waals surface area contributed by atoms with Gasteiger partial charge in [0.05, 0.1) is 0 Å². The molecule has 0 unspecified atom stereocenters. The predicted octanol–water partition coefficient (Wildman–Crippen LogP) is 2.89. The second kappa shape index (κ2) is 9.44. The van der Waals surface area contributed by atoms with E-state index in [1.165, 1.54) is 0 Å². The van der Waals surface area contributed by atoms with Gasteiger partial charge in [-0.15, -0.1) is 0 Å². The summed E-state index contributed by atoms with van der Waals surface area (Å²) >= 11 is 0. The Morgan fingerprint density at radius 1 is 1.03 bits per heavy atom. The molecular weight excluding hydrogens is 422 g/mol. The van der Waals surface area contributed by atoms with Crippen LogP contribution in [0.2, 0.25) is 0 Å². The minimum absolute atomic E-state index is 0.467. The molecule has 1 aliphatic carbocycles. The quantitative estimate of drug-likeness (QED) is 0.521. The SMILES string of the molecule is CC1CCC2(CC1)NC(=O)N(NC(=O)COC(=O)C(c1ccccc1)c1ccccc1)C2=O. The van der Waals surface area contributed by atoms with Gasteiger partial charge in [0.15, 0.2) is 6.61 Å². The minimum Gasteiger partial charge on any atom is -0.455 e. The Labute approximate surface area is 192 Å². The lowest BCUT2D eigenvalue weighted by Gasteiger charge is -2.33. The van der Waals surface area contributed by atoms with E-state index in [2.05, 4.69) is 17.7 Å². The average molecular weight is 450 g/mol. The number of ether oxygens (including phenoxy) is 1. The summed E-state index contributed by atoms with van der Waals surface area (Å²) in [6.45, 7) is 1.50. The summed E-state index contributed by atoms with van der Waals surface area (Å²) in [7, 11) is 0. The van der Waals surface area contributed by atoms with E-state index < -0.39 is 41.9 Å². The maximum Gasteiger partial charge on any atom is 0.344 e. The molecule has 2 fully saturated rings. The number of nitrogens with one attached hydrogen (secondary N) is 2. The Morgan fingerprint density at radius 2 is 1.58 bits per heavy atom. The van der Waals surface area contributed by atoms with Gasteiger partial charge in [0.1, 0.15) is 11.5 Å². The number of benzene rings is 2. The lowest BCUT2D eigenvalue weighted by Crippen LogP contribution is -2.52. The number of imide groups is 1. The molecule has 2 aromatic rings. The molecule has 0 aromatic heterocycles. The summed E-state index contributed by atoms with van der Waals surface area (Å²) in [5.41, 5.74) is 2.80. The maximum atomic E-state index is 12.9. The molecule has 0 bridgehead atoms. The third kappa shape index (κ3) is 4.74. The van der Waals surface area contributed by atoms with Crippen molar-refractivity contribution in [2.75, 3.05) is 6.61 Å². The van der Waals surface area contributed by atoms with E-state index in [1.807, 2.05) is 60.7 Å². The van der Waals surface area contributed by atoms with Crippen molar-refractivity contribution in [1.82, 2.24) is 15.8 Å². The highest BCUT2D eigenvalue weighted by molar-refractivity contribution is 6.08. The summed E-state index contributed by atoms with van der Waals surface area (Å²) in [6, 6.07) is 17.6. The summed E-state index contributed by atoms with van der Waals surface area (Å²) in [6.07, 6.45) is 2.73. The smallest absolute Gasteiger partial charge is 0.344 e. The molecule has 8 nitrogen and oxygen atoms in total. The number of nitrogens with zero attached hydrogens (tertiary/aromatic N) is 1. The zero-order chi connectivity index (χ0) is 23.4. The van der Waals surface area contributed by atoms with Crippen molar-refractivity contribution >= 4 is 23.8 Å². The van der Waals surface area contributed by atoms with Crippen LogP contribution in [-0.2, 0) is 19.1 Å². The van der Waals surface area contributed by atoms with Gasteiger partial charge >= 0.3 is 12.0 Å². The molecule has 8 heteroatoms. The molecule has 1 saturated carbocycles. The van der Waals surface area contributed by atoms with Gasteiger partial charge in [-0.1, -0.05) is 67.6 Å². The number of hydrogen-bond acceptors (Lipinski definition) is 5. The lowest BCUT2D eigenvalue weighted by molar-refractivity contribution is -0.151. The van der Waals surface area contributed by atoms with Crippen LogP contribution >= 0.6 is 0 Å². The molecule has 172 valence electrons. The number of hydrazine groups is 1. The maximum absolute atomic E-state index is 12.9. The highest BCUT2D eigenvalue weighted by Gasteiger charge is 2.52. The minimum atomic E-state index is -0.959. The number of urea groups is 1. The Balaban J connectivity index is 1.39. The van der Waals surface area contributed by atoms with E-state index in [1.54, 1.807) is 0 Å². The molecule has 2 N–H and O–H groups in total. The molecule has 1 aliphatic heterocycles. The largest absolute Gasteiger partial charge is 0.455 e. The van der Waals surface area contributed by atoms with Crippen LogP contribution in [0.15, 0.2) is 60.7 Å². The summed E-state index contributed by atoms with van der Waals surface area (Å²) in [4.78, 5) is 50.6. The van der Waals surface area contributed by atoms with Gasteiger partial charge in [-0.2, -0.15) is 5.01 Å². The molecular formula is C25H27N3O5. The topological polar surface area (TPSA) is 105 Å². The van der Waals surface area contributed by atoms with Crippen molar-refractivity contribution in [3.8, 4) is 0 Å². The van der Waals surface area contributed by atoms with Crippen molar-refractivity contribution in [2.24, 2.45) is 5.92 Å². The van der Waals surface area contributed by atoms with Crippen LogP contribution < -0.4 is 10.7 Å². The molecule has 4 rings (SSSR count). The Bertz CT molecular complexity index is 993. The predicted molar refractivity (Wildman–Crippen MR) is 120 cm³/mol. The van der Waals surface area contributed by atoms with Crippen LogP contribution in [0.4, 0.5) is 4.79 Å². The van der Waals surface area contributed by atoms with Crippen LogP contribution in [0.25, 0.3) is 0 Å². The number of carbonyl (C=O) groups is 4. The van der Waals surface area contributed by atoms with Crippen LogP contribution in [0.5, 0.6) is 0 Å². The third-order valence-electron chi connectivity index (χ3n) is 6.37. The lowest BCUT2D eigenvalue weighted by atomic mass is 9.77. The fraction of sp³-hybridized carbons (Fsp3) is 0.360. The van der Waals surface area contributed by atoms with Gasteiger partial charge in [-0.3, -0.25) is 19.8 Å². The second-order valence-electron chi connectivity index (χ2n) is 8.73. The first-order chi connectivity index (χ1) is 15.9. The van der Waals surface area contributed by atoms with E-state index in [4.69, 9.17) is 4.74 Å². The number of amides is 4. The Kier molecular flexibility index (Phi) is 6.44. The van der Waals surface area contributed by atoms with Crippen molar-refractivity contribution in [1.29, 1.82) is 0 Å². The number of carbonyl (C=O) groups excluding carboxylic acids is 4. The van der Waals surface area contributed by atoms with Crippen LogP contribution in [0.3, 0.4) is 0 Å². The molecule has 4 amide bonds. The summed E-state index contributed by atoms with van der Waals surface area (Å²) in [5.74, 6) is -2.04. The number of hydrogen-bond donors (Lipinski definition) is 2. The molecule has 2 aromatic carbocycles. The van der Waals surface area contributed by atoms with Gasteiger partial charge in [0.2, 0.25) is 0 Å². The van der Waals surface area contributed by atoms with Gasteiger partial charge in [-0.05, 0) is 42.7 Å². The van der Waals surface area contributed by atoms with Gasteiger partial charge in [0.25, 0.3) is 11.8 Å². The third-order valence-corrected chi connectivity index (χ3v) is 6.37. The van der Waals surface area contributed by atoms with Crippen molar-refractivity contribution < 1.29 is 23.9 Å². The van der Waals surface area contributed by atoms with E-state index in [0.29, 0.717) is 23.8 Å². The summed E-state index contributed by atoms with van der Waals surface area (Å²) in [5, 5.41) is 3.44. The van der Waals surface area contributed by atoms with E-state index in [9.17, 15) is 19.2 Å². The van der Waals surface area contributed by atoms with Crippen LogP contribution in [0, 0.1) is 5.92 Å². The van der Waals surface area contributed by atoms with Crippen molar-refractivity contribution in [3.63, 3.8) is 0 Å². The van der Waals surface area contributed by atoms with Crippen LogP contribution in [0.1, 0.15) is 49.7 Å². The monoisotopic (exact) mass is 449 g/mol. The first kappa shape index (κ1) is 22.5. The summed E-state index contributed by atoms with van der Waals surface area (Å²) < 4.78 is 5.29. The fourth-order valence-corrected chi connectivity index (χ4v) is 4.45. The highest BCUT2D eigenvalue weighted by Crippen LogP contribution is 2.35. The Morgan fingerprint density at radius 3 is 2.12 bits per heavy atom. The molecule has 0 radical (unpaired) electrons. The van der Waals surface area contributed by atoms with Gasteiger partial charge in [-0.25, -0.2) is 4.79 Å². The molecule has 1 saturated heterocycles. The van der Waals surface area contributed by atoms with Gasteiger partial charge in [0, 0.05) is 0 Å². The molecule has 0 atom stereocenters. The van der Waals surface area contributed by atoms with E-state index >= 15 is 0 Å². The number of rotatable bonds is 6. The van der Waals surface area contributed by atoms with Crippen molar-refractivity contribution in [2.45, 2.75) is 44.1 Å². The fourth-order valence-electron chi connectivity index (χ4n) is 4.45. The first-order valence-corrected chi connectivity index (χ1v) is 11.1. The second-order valence-corrected chi connectivity index (χ2v) is 8.73. The zero-order valence-corrected chi connectivity index (χ0v) is 18.5. The van der Waals surface area contributed by atoms with Crippen LogP contribution in [-0.4, -0.2) is 41.0 Å². The normalized spacial score (nSPS) is 22.4. The standard InChI is InChI=1S/C25H27N3O5/c1-17-12-14-25(15-13-17)23(31)28(24(32)26-25)27-20(29)16-33-22(30)21(18-8-4-2-5-9-18)19-10-6-3-7-11-19/h2-11,17,21H,12-16H2,1H3,(H,26,32)(H,27,29). The van der Waals surface area contributed by atoms with E-state index in [-0.39, 0.29) is 0 Å². The zero-order valence-electron chi connectivity index (χ0n) is 18.5. The molecule has 33 heavy (non-hydrogen) atoms. The molecule has 2 aliphatic rings. The molecule has 1 heterocycles.